The van der Waals surface area contributed by atoms with Gasteiger partial charge in [-0.25, -0.2) is 0 Å². The van der Waals surface area contributed by atoms with Crippen LogP contribution in [0.25, 0.3) is 10.9 Å². The summed E-state index contributed by atoms with van der Waals surface area (Å²) in [6.07, 6.45) is 15.9. The summed E-state index contributed by atoms with van der Waals surface area (Å²) < 4.78 is 12.8. The highest BCUT2D eigenvalue weighted by Gasteiger charge is 2.09. The number of aromatic nitrogens is 1. The summed E-state index contributed by atoms with van der Waals surface area (Å²) in [7, 11) is 5.58. The van der Waals surface area contributed by atoms with Crippen molar-refractivity contribution in [3.63, 3.8) is 0 Å². The number of ether oxygens (including phenoxy) is 2. The maximum absolute atomic E-state index is 11.5. The van der Waals surface area contributed by atoms with Crippen LogP contribution in [0.2, 0.25) is 0 Å². The number of aldehydes is 1. The topological polar surface area (TPSA) is 43.7 Å². The lowest BCUT2D eigenvalue weighted by molar-refractivity contribution is 0.112. The first kappa shape index (κ1) is 27.8. The summed E-state index contributed by atoms with van der Waals surface area (Å²) in [5.74, 6) is 1.73. The highest BCUT2D eigenvalue weighted by molar-refractivity contribution is 5.98. The molecule has 0 aliphatic carbocycles. The highest BCUT2D eigenvalue weighted by Crippen LogP contribution is 2.26. The Bertz CT molecular complexity index is 1060. The van der Waals surface area contributed by atoms with Crippen LogP contribution in [0.3, 0.4) is 0 Å². The Morgan fingerprint density at radius 1 is 0.806 bits per heavy atom. The number of benzene rings is 2. The molecule has 5 heteroatoms. The standard InChI is InChI=1S/C31H44N2O3/c1-32(23-26-15-14-16-28(21-26)35-2)19-12-10-8-6-4-5-7-9-11-13-20-33-24-27(25-34)30-22-29(36-3)17-18-31(30)33/h14-18,21-22,24-25H,4-13,19-20,23H2,1-3H3. The predicted octanol–water partition coefficient (Wildman–Crippen LogP) is 7.50. The number of fused-ring (bicyclic) bond motifs is 1. The summed E-state index contributed by atoms with van der Waals surface area (Å²) in [4.78, 5) is 13.9. The SMILES string of the molecule is COc1cccc(CN(C)CCCCCCCCCCCCn2cc(C=O)c3cc(OC)ccc32)c1. The smallest absolute Gasteiger partial charge is 0.152 e. The molecule has 0 aliphatic heterocycles. The van der Waals surface area contributed by atoms with Crippen molar-refractivity contribution in [2.24, 2.45) is 0 Å². The first-order chi connectivity index (χ1) is 17.6. The van der Waals surface area contributed by atoms with Crippen LogP contribution in [0.1, 0.15) is 80.1 Å². The minimum absolute atomic E-state index is 0.743. The van der Waals surface area contributed by atoms with Crippen LogP contribution < -0.4 is 9.47 Å². The first-order valence-electron chi connectivity index (χ1n) is 13.6. The Kier molecular flexibility index (Phi) is 11.9. The Labute approximate surface area is 217 Å². The molecule has 0 aliphatic rings. The van der Waals surface area contributed by atoms with E-state index in [4.69, 9.17) is 9.47 Å². The molecule has 5 nitrogen and oxygen atoms in total. The molecule has 0 radical (unpaired) electrons. The van der Waals surface area contributed by atoms with Crippen molar-refractivity contribution < 1.29 is 14.3 Å². The van der Waals surface area contributed by atoms with Crippen LogP contribution in [0.5, 0.6) is 11.5 Å². The number of hydrogen-bond donors (Lipinski definition) is 0. The molecule has 3 aromatic rings. The lowest BCUT2D eigenvalue weighted by Gasteiger charge is -2.17. The molecule has 36 heavy (non-hydrogen) atoms. The zero-order valence-electron chi connectivity index (χ0n) is 22.5. The van der Waals surface area contributed by atoms with E-state index >= 15 is 0 Å². The number of carbonyl (C=O) groups excluding carboxylic acids is 1. The molecule has 0 saturated carbocycles. The maximum Gasteiger partial charge on any atom is 0.152 e. The van der Waals surface area contributed by atoms with Crippen molar-refractivity contribution in [2.75, 3.05) is 27.8 Å². The molecule has 3 rings (SSSR count). The third kappa shape index (κ3) is 8.70. The number of hydrogen-bond acceptors (Lipinski definition) is 4. The van der Waals surface area contributed by atoms with Gasteiger partial charge in [-0.05, 0) is 62.3 Å². The lowest BCUT2D eigenvalue weighted by atomic mass is 10.1. The number of carbonyl (C=O) groups is 1. The fraction of sp³-hybridized carbons (Fsp3) is 0.516. The van der Waals surface area contributed by atoms with Crippen molar-refractivity contribution in [1.82, 2.24) is 9.47 Å². The minimum atomic E-state index is 0.743. The van der Waals surface area contributed by atoms with Crippen LogP contribution >= 0.6 is 0 Å². The average Bonchev–Trinajstić information content (AvgIpc) is 3.26. The van der Waals surface area contributed by atoms with E-state index in [1.54, 1.807) is 14.2 Å². The van der Waals surface area contributed by atoms with Crippen LogP contribution in [-0.4, -0.2) is 43.6 Å². The summed E-state index contributed by atoms with van der Waals surface area (Å²) >= 11 is 0. The zero-order valence-corrected chi connectivity index (χ0v) is 22.5. The molecule has 2 aromatic carbocycles. The largest absolute Gasteiger partial charge is 0.497 e. The molecule has 0 N–H and O–H groups in total. The van der Waals surface area contributed by atoms with Gasteiger partial charge in [0.15, 0.2) is 6.29 Å². The van der Waals surface area contributed by atoms with Gasteiger partial charge in [-0.2, -0.15) is 0 Å². The summed E-state index contributed by atoms with van der Waals surface area (Å²) in [5.41, 5.74) is 3.17. The highest BCUT2D eigenvalue weighted by atomic mass is 16.5. The Morgan fingerprint density at radius 2 is 1.44 bits per heavy atom. The second-order valence-corrected chi connectivity index (χ2v) is 9.90. The van der Waals surface area contributed by atoms with E-state index in [1.165, 1.54) is 63.4 Å². The van der Waals surface area contributed by atoms with Gasteiger partial charge >= 0.3 is 0 Å². The molecule has 1 heterocycles. The van der Waals surface area contributed by atoms with Crippen molar-refractivity contribution in [3.05, 3.63) is 59.8 Å². The molecule has 0 atom stereocenters. The monoisotopic (exact) mass is 492 g/mol. The third-order valence-corrected chi connectivity index (χ3v) is 7.02. The van der Waals surface area contributed by atoms with Gasteiger partial charge in [-0.3, -0.25) is 4.79 Å². The van der Waals surface area contributed by atoms with Gasteiger partial charge < -0.3 is 18.9 Å². The summed E-state index contributed by atoms with van der Waals surface area (Å²) in [6, 6.07) is 14.3. The number of rotatable bonds is 18. The molecule has 0 spiro atoms. The van der Waals surface area contributed by atoms with E-state index in [1.807, 2.05) is 24.4 Å². The normalized spacial score (nSPS) is 11.3. The second-order valence-electron chi connectivity index (χ2n) is 9.90. The number of unbranched alkanes of at least 4 members (excludes halogenated alkanes) is 9. The number of methoxy groups -OCH3 is 2. The Hall–Kier alpha value is -2.79. The van der Waals surface area contributed by atoms with E-state index in [0.29, 0.717) is 0 Å². The average molecular weight is 493 g/mol. The Morgan fingerprint density at radius 3 is 2.11 bits per heavy atom. The number of aryl methyl sites for hydroxylation is 1. The summed E-state index contributed by atoms with van der Waals surface area (Å²) in [6.45, 7) is 3.09. The summed E-state index contributed by atoms with van der Waals surface area (Å²) in [5, 5.41) is 0.979. The molecular weight excluding hydrogens is 448 g/mol. The molecule has 0 bridgehead atoms. The van der Waals surface area contributed by atoms with Crippen LogP contribution in [0.4, 0.5) is 0 Å². The second kappa shape index (κ2) is 15.4. The van der Waals surface area contributed by atoms with Gasteiger partial charge in [-0.1, -0.05) is 63.5 Å². The third-order valence-electron chi connectivity index (χ3n) is 7.02. The molecular formula is C31H44N2O3. The first-order valence-corrected chi connectivity index (χ1v) is 13.6. The van der Waals surface area contributed by atoms with E-state index in [2.05, 4.69) is 40.8 Å². The molecule has 0 saturated heterocycles. The predicted molar refractivity (Wildman–Crippen MR) is 149 cm³/mol. The quantitative estimate of drug-likeness (QED) is 0.136. The fourth-order valence-corrected chi connectivity index (χ4v) is 4.95. The molecule has 0 fully saturated rings. The molecule has 196 valence electrons. The maximum atomic E-state index is 11.5. The van der Waals surface area contributed by atoms with E-state index in [0.717, 1.165) is 60.3 Å². The molecule has 1 aromatic heterocycles. The number of nitrogens with zero attached hydrogens (tertiary/aromatic N) is 2. The molecule has 0 unspecified atom stereocenters. The minimum Gasteiger partial charge on any atom is -0.497 e. The van der Waals surface area contributed by atoms with Gasteiger partial charge in [-0.15, -0.1) is 0 Å². The van der Waals surface area contributed by atoms with Gasteiger partial charge in [0.2, 0.25) is 0 Å². The van der Waals surface area contributed by atoms with Crippen LogP contribution in [0.15, 0.2) is 48.7 Å². The van der Waals surface area contributed by atoms with Crippen molar-refractivity contribution in [2.45, 2.75) is 77.3 Å². The van der Waals surface area contributed by atoms with Gasteiger partial charge in [0.05, 0.1) is 14.2 Å². The fourth-order valence-electron chi connectivity index (χ4n) is 4.95. The van der Waals surface area contributed by atoms with E-state index in [-0.39, 0.29) is 0 Å². The lowest BCUT2D eigenvalue weighted by Crippen LogP contribution is -2.19. The van der Waals surface area contributed by atoms with Gasteiger partial charge in [0.1, 0.15) is 11.5 Å². The van der Waals surface area contributed by atoms with Crippen molar-refractivity contribution in [3.8, 4) is 11.5 Å². The zero-order chi connectivity index (χ0) is 25.6. The van der Waals surface area contributed by atoms with Crippen LogP contribution in [0, 0.1) is 0 Å². The van der Waals surface area contributed by atoms with Crippen molar-refractivity contribution in [1.29, 1.82) is 0 Å². The Balaban J connectivity index is 1.19. The van der Waals surface area contributed by atoms with Gasteiger partial charge in [0.25, 0.3) is 0 Å². The van der Waals surface area contributed by atoms with Crippen LogP contribution in [-0.2, 0) is 13.1 Å². The van der Waals surface area contributed by atoms with Crippen molar-refractivity contribution >= 4 is 17.2 Å². The van der Waals surface area contributed by atoms with E-state index < -0.39 is 0 Å². The molecule has 0 amide bonds. The van der Waals surface area contributed by atoms with Gasteiger partial charge in [0, 0.05) is 35.8 Å². The van der Waals surface area contributed by atoms with E-state index in [9.17, 15) is 4.79 Å².